The molecule has 2 N–H and O–H groups in total. The van der Waals surface area contributed by atoms with Gasteiger partial charge in [0.2, 0.25) is 11.8 Å². The molecule has 0 aliphatic rings. The van der Waals surface area contributed by atoms with Crippen LogP contribution < -0.4 is 15.4 Å². The Balaban J connectivity index is 2.03. The van der Waals surface area contributed by atoms with Gasteiger partial charge in [0, 0.05) is 20.5 Å². The Hall–Kier alpha value is -2.90. The zero-order valence-corrected chi connectivity index (χ0v) is 18.1. The third kappa shape index (κ3) is 6.57. The summed E-state index contributed by atoms with van der Waals surface area (Å²) in [5.41, 5.74) is 1.97. The Morgan fingerprint density at radius 3 is 2.23 bits per heavy atom. The van der Waals surface area contributed by atoms with Gasteiger partial charge in [0.05, 0.1) is 20.3 Å². The van der Waals surface area contributed by atoms with E-state index >= 15 is 0 Å². The number of carbonyl (C=O) groups excluding carboxylic acids is 2. The maximum Gasteiger partial charge on any atom is 0.242 e. The minimum atomic E-state index is -0.638. The average Bonchev–Trinajstić information content (AvgIpc) is 2.80. The van der Waals surface area contributed by atoms with Crippen LogP contribution in [-0.4, -0.2) is 63.7 Å². The van der Waals surface area contributed by atoms with Crippen LogP contribution in [0.2, 0.25) is 0 Å². The third-order valence-corrected chi connectivity index (χ3v) is 4.99. The number of rotatable bonds is 11. The molecule has 0 unspecified atom stereocenters. The van der Waals surface area contributed by atoms with Crippen LogP contribution in [0, 0.1) is 0 Å². The summed E-state index contributed by atoms with van der Waals surface area (Å²) in [4.78, 5) is 27.0. The van der Waals surface area contributed by atoms with Gasteiger partial charge in [-0.05, 0) is 30.3 Å². The number of amides is 2. The highest BCUT2D eigenvalue weighted by atomic mass is 16.5. The van der Waals surface area contributed by atoms with Crippen molar-refractivity contribution in [1.82, 2.24) is 15.5 Å². The normalized spacial score (nSPS) is 12.7. The van der Waals surface area contributed by atoms with Crippen molar-refractivity contribution >= 4 is 11.8 Å². The molecule has 30 heavy (non-hydrogen) atoms. The molecule has 0 aromatic heterocycles. The molecule has 0 spiro atoms. The first kappa shape index (κ1) is 23.4. The Kier molecular flexibility index (Phi) is 9.31. The summed E-state index contributed by atoms with van der Waals surface area (Å²) >= 11 is 0. The second-order valence-corrected chi connectivity index (χ2v) is 6.97. The van der Waals surface area contributed by atoms with Gasteiger partial charge in [0.1, 0.15) is 17.8 Å². The quantitative estimate of drug-likeness (QED) is 0.585. The van der Waals surface area contributed by atoms with E-state index in [1.165, 1.54) is 4.90 Å². The second-order valence-electron chi connectivity index (χ2n) is 6.97. The van der Waals surface area contributed by atoms with Crippen molar-refractivity contribution < 1.29 is 19.1 Å². The molecule has 0 aliphatic heterocycles. The van der Waals surface area contributed by atoms with E-state index in [2.05, 4.69) is 10.6 Å². The zero-order valence-electron chi connectivity index (χ0n) is 18.1. The van der Waals surface area contributed by atoms with Gasteiger partial charge >= 0.3 is 0 Å². The van der Waals surface area contributed by atoms with E-state index in [0.29, 0.717) is 13.0 Å². The number of methoxy groups -OCH3 is 1. The Bertz CT molecular complexity index is 796. The van der Waals surface area contributed by atoms with Gasteiger partial charge in [-0.15, -0.1) is 0 Å². The van der Waals surface area contributed by atoms with Gasteiger partial charge in [-0.25, -0.2) is 0 Å². The topological polar surface area (TPSA) is 79.9 Å². The highest BCUT2D eigenvalue weighted by molar-refractivity contribution is 5.89. The van der Waals surface area contributed by atoms with Crippen LogP contribution >= 0.6 is 0 Å². The van der Waals surface area contributed by atoms with E-state index in [9.17, 15) is 9.59 Å². The van der Waals surface area contributed by atoms with Crippen molar-refractivity contribution in [1.29, 1.82) is 0 Å². The lowest BCUT2D eigenvalue weighted by molar-refractivity contribution is -0.141. The fraction of sp³-hybridized carbons (Fsp3) is 0.391. The van der Waals surface area contributed by atoms with Crippen molar-refractivity contribution in [3.63, 3.8) is 0 Å². The lowest BCUT2D eigenvalue weighted by Crippen LogP contribution is -2.54. The summed E-state index contributed by atoms with van der Waals surface area (Å²) in [7, 11) is 6.53. The maximum absolute atomic E-state index is 13.1. The molecule has 2 aromatic rings. The number of hydrogen-bond donors (Lipinski definition) is 2. The van der Waals surface area contributed by atoms with Gasteiger partial charge in [-0.1, -0.05) is 42.5 Å². The number of ether oxygens (including phenoxy) is 2. The monoisotopic (exact) mass is 413 g/mol. The van der Waals surface area contributed by atoms with Crippen LogP contribution in [-0.2, 0) is 27.4 Å². The minimum absolute atomic E-state index is 0.201. The molecular formula is C23H31N3O4. The van der Waals surface area contributed by atoms with E-state index < -0.39 is 12.1 Å². The predicted molar refractivity (Wildman–Crippen MR) is 116 cm³/mol. The van der Waals surface area contributed by atoms with Gasteiger partial charge in [0.15, 0.2) is 0 Å². The molecule has 0 radical (unpaired) electrons. The van der Waals surface area contributed by atoms with E-state index in [1.807, 2.05) is 54.6 Å². The van der Waals surface area contributed by atoms with Crippen molar-refractivity contribution in [3.8, 4) is 5.75 Å². The van der Waals surface area contributed by atoms with Gasteiger partial charge < -0.3 is 25.0 Å². The Labute approximate surface area is 178 Å². The van der Waals surface area contributed by atoms with E-state index in [-0.39, 0.29) is 18.4 Å². The van der Waals surface area contributed by atoms with Crippen LogP contribution in [0.25, 0.3) is 0 Å². The number of nitrogens with zero attached hydrogens (tertiary/aromatic N) is 1. The first-order chi connectivity index (χ1) is 14.5. The number of carbonyl (C=O) groups is 2. The van der Waals surface area contributed by atoms with Crippen molar-refractivity contribution in [2.24, 2.45) is 0 Å². The van der Waals surface area contributed by atoms with Crippen LogP contribution in [0.3, 0.4) is 0 Å². The lowest BCUT2D eigenvalue weighted by Gasteiger charge is -2.30. The number of benzene rings is 2. The summed E-state index contributed by atoms with van der Waals surface area (Å²) in [6.45, 7) is 0.623. The second kappa shape index (κ2) is 11.9. The van der Waals surface area contributed by atoms with Gasteiger partial charge in [-0.3, -0.25) is 9.59 Å². The third-order valence-electron chi connectivity index (χ3n) is 4.99. The number of nitrogens with one attached hydrogen (secondary N) is 2. The van der Waals surface area contributed by atoms with Crippen molar-refractivity contribution in [3.05, 3.63) is 65.7 Å². The van der Waals surface area contributed by atoms with Crippen molar-refractivity contribution in [2.45, 2.75) is 25.1 Å². The summed E-state index contributed by atoms with van der Waals surface area (Å²) in [6, 6.07) is 16.1. The molecular weight excluding hydrogens is 382 g/mol. The van der Waals surface area contributed by atoms with Crippen LogP contribution in [0.15, 0.2) is 54.6 Å². The molecule has 2 atom stereocenters. The van der Waals surface area contributed by atoms with Crippen LogP contribution in [0.1, 0.15) is 11.1 Å². The fourth-order valence-electron chi connectivity index (χ4n) is 3.10. The van der Waals surface area contributed by atoms with Crippen LogP contribution in [0.5, 0.6) is 5.75 Å². The summed E-state index contributed by atoms with van der Waals surface area (Å²) in [5.74, 6) is 0.319. The first-order valence-electron chi connectivity index (χ1n) is 9.90. The Morgan fingerprint density at radius 2 is 1.67 bits per heavy atom. The van der Waals surface area contributed by atoms with Crippen molar-refractivity contribution in [2.75, 3.05) is 34.9 Å². The molecule has 0 heterocycles. The molecule has 2 aromatic carbocycles. The molecule has 2 amide bonds. The number of likely N-dealkylation sites (N-methyl/N-ethyl adjacent to an activating group) is 3. The molecule has 2 rings (SSSR count). The maximum atomic E-state index is 13.1. The molecule has 0 saturated carbocycles. The smallest absolute Gasteiger partial charge is 0.242 e. The van der Waals surface area contributed by atoms with Gasteiger partial charge in [0.25, 0.3) is 0 Å². The Morgan fingerprint density at radius 1 is 1.00 bits per heavy atom. The van der Waals surface area contributed by atoms with E-state index in [4.69, 9.17) is 9.47 Å². The minimum Gasteiger partial charge on any atom is -0.497 e. The summed E-state index contributed by atoms with van der Waals surface area (Å²) < 4.78 is 10.9. The first-order valence-corrected chi connectivity index (χ1v) is 9.90. The molecule has 0 fully saturated rings. The molecule has 7 nitrogen and oxygen atoms in total. The van der Waals surface area contributed by atoms with Crippen LogP contribution in [0.4, 0.5) is 0 Å². The molecule has 162 valence electrons. The van der Waals surface area contributed by atoms with E-state index in [0.717, 1.165) is 16.9 Å². The molecule has 0 aliphatic carbocycles. The zero-order chi connectivity index (χ0) is 21.9. The highest BCUT2D eigenvalue weighted by Crippen LogP contribution is 2.15. The molecule has 0 saturated heterocycles. The number of hydrogen-bond acceptors (Lipinski definition) is 5. The molecule has 0 bridgehead atoms. The van der Waals surface area contributed by atoms with Gasteiger partial charge in [-0.2, -0.15) is 0 Å². The largest absolute Gasteiger partial charge is 0.497 e. The average molecular weight is 414 g/mol. The standard InChI is InChI=1S/C23H31N3O4/c1-24-20(16-30-15-18-8-6-5-7-9-18)23(28)26(3)21(22(27)25-2)14-17-10-12-19(29-4)13-11-17/h5-13,20-21,24H,14-16H2,1-4H3,(H,25,27)/t20-,21-/m1/s1. The molecule has 7 heteroatoms. The predicted octanol–water partition coefficient (Wildman–Crippen LogP) is 1.62. The lowest BCUT2D eigenvalue weighted by atomic mass is 10.0. The SMILES string of the molecule is CNC(=O)[C@@H](Cc1ccc(OC)cc1)N(C)C(=O)[C@@H](COCc1ccccc1)NC. The fourth-order valence-corrected chi connectivity index (χ4v) is 3.10. The highest BCUT2D eigenvalue weighted by Gasteiger charge is 2.30. The summed E-state index contributed by atoms with van der Waals surface area (Å²) in [6.07, 6.45) is 0.396. The summed E-state index contributed by atoms with van der Waals surface area (Å²) in [5, 5.41) is 5.65. The van der Waals surface area contributed by atoms with E-state index in [1.54, 1.807) is 28.3 Å².